The molecule has 0 aliphatic rings. The van der Waals surface area contributed by atoms with Gasteiger partial charge in [-0.1, -0.05) is 6.08 Å². The average molecular weight is 176 g/mol. The van der Waals surface area contributed by atoms with Gasteiger partial charge in [0.2, 0.25) is 0 Å². The molecule has 1 atom stereocenters. The summed E-state index contributed by atoms with van der Waals surface area (Å²) in [5.74, 6) is 0. The number of nitrogens with one attached hydrogen (secondary N) is 1. The van der Waals surface area contributed by atoms with E-state index >= 15 is 0 Å². The zero-order chi connectivity index (χ0) is 9.52. The fourth-order valence-electron chi connectivity index (χ4n) is 1.17. The van der Waals surface area contributed by atoms with E-state index in [2.05, 4.69) is 23.8 Å². The lowest BCUT2D eigenvalue weighted by atomic mass is 10.1. The summed E-state index contributed by atoms with van der Waals surface area (Å²) in [7, 11) is 0. The lowest BCUT2D eigenvalue weighted by Gasteiger charge is -2.12. The van der Waals surface area contributed by atoms with Gasteiger partial charge >= 0.3 is 0 Å². The predicted molar refractivity (Wildman–Crippen MR) is 55.5 cm³/mol. The number of rotatable bonds is 5. The van der Waals surface area contributed by atoms with Gasteiger partial charge in [-0.15, -0.1) is 6.58 Å². The van der Waals surface area contributed by atoms with Gasteiger partial charge in [-0.3, -0.25) is 4.98 Å². The Hall–Kier alpha value is -1.15. The topological polar surface area (TPSA) is 24.9 Å². The second-order valence-corrected chi connectivity index (χ2v) is 3.03. The van der Waals surface area contributed by atoms with Crippen molar-refractivity contribution in [3.63, 3.8) is 0 Å². The van der Waals surface area contributed by atoms with Crippen LogP contribution in [0.1, 0.15) is 24.9 Å². The largest absolute Gasteiger partial charge is 0.310 e. The van der Waals surface area contributed by atoms with E-state index in [4.69, 9.17) is 0 Å². The van der Waals surface area contributed by atoms with Gasteiger partial charge in [0, 0.05) is 18.4 Å². The Morgan fingerprint density at radius 1 is 1.54 bits per heavy atom. The van der Waals surface area contributed by atoms with Crippen molar-refractivity contribution >= 4 is 0 Å². The maximum absolute atomic E-state index is 3.98. The highest BCUT2D eigenvalue weighted by atomic mass is 14.9. The Morgan fingerprint density at radius 3 is 2.85 bits per heavy atom. The fraction of sp³-hybridized carbons (Fsp3) is 0.364. The third-order valence-corrected chi connectivity index (χ3v) is 2.01. The summed E-state index contributed by atoms with van der Waals surface area (Å²) in [5.41, 5.74) is 1.28. The second-order valence-electron chi connectivity index (χ2n) is 3.03. The SMILES string of the molecule is C=CCCNC(C)c1ccncc1. The van der Waals surface area contributed by atoms with E-state index in [0.717, 1.165) is 13.0 Å². The van der Waals surface area contributed by atoms with Gasteiger partial charge in [0.1, 0.15) is 0 Å². The maximum atomic E-state index is 3.98. The molecule has 70 valence electrons. The third-order valence-electron chi connectivity index (χ3n) is 2.01. The molecule has 2 heteroatoms. The van der Waals surface area contributed by atoms with Crippen molar-refractivity contribution in [2.75, 3.05) is 6.54 Å². The Bertz CT molecular complexity index is 244. The summed E-state index contributed by atoms with van der Waals surface area (Å²) in [6.07, 6.45) is 6.57. The van der Waals surface area contributed by atoms with Crippen molar-refractivity contribution in [1.82, 2.24) is 10.3 Å². The van der Waals surface area contributed by atoms with Crippen molar-refractivity contribution in [2.24, 2.45) is 0 Å². The van der Waals surface area contributed by atoms with Crippen molar-refractivity contribution < 1.29 is 0 Å². The standard InChI is InChI=1S/C11H16N2/c1-3-4-7-13-10(2)11-5-8-12-9-6-11/h3,5-6,8-10,13H,1,4,7H2,2H3. The first kappa shape index (κ1) is 9.93. The van der Waals surface area contributed by atoms with Gasteiger partial charge in [-0.25, -0.2) is 0 Å². The molecule has 1 N–H and O–H groups in total. The van der Waals surface area contributed by atoms with Crippen LogP contribution in [0.2, 0.25) is 0 Å². The minimum Gasteiger partial charge on any atom is -0.310 e. The average Bonchev–Trinajstić information content (AvgIpc) is 2.19. The van der Waals surface area contributed by atoms with Crippen molar-refractivity contribution in [1.29, 1.82) is 0 Å². The molecule has 0 aliphatic heterocycles. The molecule has 2 nitrogen and oxygen atoms in total. The van der Waals surface area contributed by atoms with Gasteiger partial charge in [0.25, 0.3) is 0 Å². The first-order chi connectivity index (χ1) is 6.34. The highest BCUT2D eigenvalue weighted by molar-refractivity contribution is 5.13. The van der Waals surface area contributed by atoms with Gasteiger partial charge in [-0.05, 0) is 37.6 Å². The minimum absolute atomic E-state index is 0.392. The van der Waals surface area contributed by atoms with Gasteiger partial charge in [-0.2, -0.15) is 0 Å². The molecule has 0 aromatic carbocycles. The molecule has 1 aromatic rings. The van der Waals surface area contributed by atoms with Crippen LogP contribution in [-0.2, 0) is 0 Å². The Balaban J connectivity index is 2.39. The minimum atomic E-state index is 0.392. The lowest BCUT2D eigenvalue weighted by Crippen LogP contribution is -2.19. The number of hydrogen-bond donors (Lipinski definition) is 1. The van der Waals surface area contributed by atoms with Crippen molar-refractivity contribution in [3.05, 3.63) is 42.7 Å². The fourth-order valence-corrected chi connectivity index (χ4v) is 1.17. The van der Waals surface area contributed by atoms with E-state index in [1.165, 1.54) is 5.56 Å². The first-order valence-corrected chi connectivity index (χ1v) is 4.59. The van der Waals surface area contributed by atoms with Crippen molar-refractivity contribution in [2.45, 2.75) is 19.4 Å². The van der Waals surface area contributed by atoms with E-state index in [-0.39, 0.29) is 0 Å². The smallest absolute Gasteiger partial charge is 0.0293 e. The van der Waals surface area contributed by atoms with E-state index < -0.39 is 0 Å². The van der Waals surface area contributed by atoms with Crippen LogP contribution in [0.3, 0.4) is 0 Å². The molecule has 1 unspecified atom stereocenters. The first-order valence-electron chi connectivity index (χ1n) is 4.59. The Kier molecular flexibility index (Phi) is 4.19. The quantitative estimate of drug-likeness (QED) is 0.550. The van der Waals surface area contributed by atoms with E-state index in [1.54, 1.807) is 0 Å². The van der Waals surface area contributed by atoms with Gasteiger partial charge in [0.05, 0.1) is 0 Å². The molecule has 0 fully saturated rings. The summed E-state index contributed by atoms with van der Waals surface area (Å²) < 4.78 is 0. The molecule has 0 amide bonds. The predicted octanol–water partition coefficient (Wildman–Crippen LogP) is 2.31. The molecule has 0 saturated carbocycles. The van der Waals surface area contributed by atoms with Crippen LogP contribution in [0.25, 0.3) is 0 Å². The summed E-state index contributed by atoms with van der Waals surface area (Å²) in [5, 5.41) is 3.40. The number of hydrogen-bond acceptors (Lipinski definition) is 2. The highest BCUT2D eigenvalue weighted by Gasteiger charge is 2.01. The molecule has 0 bridgehead atoms. The Labute approximate surface area is 79.7 Å². The van der Waals surface area contributed by atoms with Crippen LogP contribution in [-0.4, -0.2) is 11.5 Å². The normalized spacial score (nSPS) is 12.4. The summed E-state index contributed by atoms with van der Waals surface area (Å²) in [4.78, 5) is 3.98. The number of aromatic nitrogens is 1. The molecule has 0 radical (unpaired) electrons. The second kappa shape index (κ2) is 5.49. The Morgan fingerprint density at radius 2 is 2.23 bits per heavy atom. The van der Waals surface area contributed by atoms with Crippen LogP contribution in [0, 0.1) is 0 Å². The van der Waals surface area contributed by atoms with Crippen LogP contribution in [0.15, 0.2) is 37.2 Å². The summed E-state index contributed by atoms with van der Waals surface area (Å²) in [6.45, 7) is 6.81. The number of pyridine rings is 1. The van der Waals surface area contributed by atoms with Gasteiger partial charge < -0.3 is 5.32 Å². The third kappa shape index (κ3) is 3.38. The van der Waals surface area contributed by atoms with E-state index in [1.807, 2.05) is 30.6 Å². The van der Waals surface area contributed by atoms with E-state index in [0.29, 0.717) is 6.04 Å². The van der Waals surface area contributed by atoms with Crippen LogP contribution in [0.5, 0.6) is 0 Å². The molecule has 0 aliphatic carbocycles. The molecular weight excluding hydrogens is 160 g/mol. The molecule has 13 heavy (non-hydrogen) atoms. The molecule has 0 spiro atoms. The van der Waals surface area contributed by atoms with Crippen LogP contribution in [0.4, 0.5) is 0 Å². The zero-order valence-corrected chi connectivity index (χ0v) is 8.03. The monoisotopic (exact) mass is 176 g/mol. The molecule has 1 heterocycles. The zero-order valence-electron chi connectivity index (χ0n) is 8.03. The van der Waals surface area contributed by atoms with Crippen LogP contribution < -0.4 is 5.32 Å². The van der Waals surface area contributed by atoms with E-state index in [9.17, 15) is 0 Å². The summed E-state index contributed by atoms with van der Waals surface area (Å²) in [6, 6.07) is 4.46. The molecule has 0 saturated heterocycles. The van der Waals surface area contributed by atoms with Crippen LogP contribution >= 0.6 is 0 Å². The van der Waals surface area contributed by atoms with Crippen molar-refractivity contribution in [3.8, 4) is 0 Å². The van der Waals surface area contributed by atoms with Gasteiger partial charge in [0.15, 0.2) is 0 Å². The molecule has 1 aromatic heterocycles. The molecule has 1 rings (SSSR count). The number of nitrogens with zero attached hydrogens (tertiary/aromatic N) is 1. The molecular formula is C11H16N2. The summed E-state index contributed by atoms with van der Waals surface area (Å²) >= 11 is 0. The lowest BCUT2D eigenvalue weighted by molar-refractivity contribution is 0.581. The highest BCUT2D eigenvalue weighted by Crippen LogP contribution is 2.09. The maximum Gasteiger partial charge on any atom is 0.0293 e.